The Morgan fingerprint density at radius 3 is 2.62 bits per heavy atom. The summed E-state index contributed by atoms with van der Waals surface area (Å²) in [5.41, 5.74) is 0. The average molecular weight is 223 g/mol. The summed E-state index contributed by atoms with van der Waals surface area (Å²) in [6.07, 6.45) is 1.00. The van der Waals surface area contributed by atoms with Crippen LogP contribution < -0.4 is 5.32 Å². The number of aryl methyl sites for hydroxylation is 1. The van der Waals surface area contributed by atoms with Crippen molar-refractivity contribution in [1.82, 2.24) is 5.32 Å². The molecule has 1 fully saturated rings. The van der Waals surface area contributed by atoms with Crippen LogP contribution in [0.1, 0.15) is 29.2 Å². The van der Waals surface area contributed by atoms with Gasteiger partial charge in [-0.2, -0.15) is 0 Å². The van der Waals surface area contributed by atoms with Gasteiger partial charge in [0.25, 0.3) is 5.91 Å². The van der Waals surface area contributed by atoms with Crippen LogP contribution in [0.3, 0.4) is 0 Å². The van der Waals surface area contributed by atoms with E-state index < -0.39 is 5.97 Å². The Morgan fingerprint density at radius 2 is 2.12 bits per heavy atom. The highest BCUT2D eigenvalue weighted by Crippen LogP contribution is 2.27. The van der Waals surface area contributed by atoms with E-state index >= 15 is 0 Å². The molecule has 1 aromatic rings. The number of amides is 1. The van der Waals surface area contributed by atoms with E-state index in [0.717, 1.165) is 0 Å². The van der Waals surface area contributed by atoms with E-state index in [9.17, 15) is 9.59 Å². The zero-order valence-corrected chi connectivity index (χ0v) is 8.90. The first-order chi connectivity index (χ1) is 7.56. The second-order valence-corrected chi connectivity index (χ2v) is 4.09. The molecule has 0 aromatic carbocycles. The quantitative estimate of drug-likeness (QED) is 0.806. The lowest BCUT2D eigenvalue weighted by Gasteiger charge is -2.32. The predicted octanol–water partition coefficient (Wildman–Crippen LogP) is 1.18. The fourth-order valence-corrected chi connectivity index (χ4v) is 1.75. The predicted molar refractivity (Wildman–Crippen MR) is 55.1 cm³/mol. The number of carbonyl (C=O) groups is 2. The van der Waals surface area contributed by atoms with E-state index in [1.54, 1.807) is 19.1 Å². The van der Waals surface area contributed by atoms with Gasteiger partial charge < -0.3 is 14.8 Å². The SMILES string of the molecule is Cc1ccc(C(=O)NC2CC(C(=O)O)C2)o1. The van der Waals surface area contributed by atoms with Crippen molar-refractivity contribution in [3.63, 3.8) is 0 Å². The van der Waals surface area contributed by atoms with Gasteiger partial charge in [-0.25, -0.2) is 0 Å². The third kappa shape index (κ3) is 2.08. The third-order valence-electron chi connectivity index (χ3n) is 2.79. The number of aliphatic carboxylic acids is 1. The second kappa shape index (κ2) is 4.00. The standard InChI is InChI=1S/C11H13NO4/c1-6-2-3-9(16-6)10(13)12-8-4-7(5-8)11(14)15/h2-3,7-8H,4-5H2,1H3,(H,12,13)(H,14,15). The molecule has 2 N–H and O–H groups in total. The molecular formula is C11H13NO4. The number of hydrogen-bond donors (Lipinski definition) is 2. The van der Waals surface area contributed by atoms with Gasteiger partial charge in [-0.1, -0.05) is 0 Å². The summed E-state index contributed by atoms with van der Waals surface area (Å²) < 4.78 is 5.16. The maximum absolute atomic E-state index is 11.6. The molecular weight excluding hydrogens is 210 g/mol. The molecule has 1 heterocycles. The zero-order valence-electron chi connectivity index (χ0n) is 8.90. The number of hydrogen-bond acceptors (Lipinski definition) is 3. The van der Waals surface area contributed by atoms with Crippen LogP contribution in [-0.2, 0) is 4.79 Å². The van der Waals surface area contributed by atoms with Crippen molar-refractivity contribution in [3.8, 4) is 0 Å². The van der Waals surface area contributed by atoms with E-state index in [2.05, 4.69) is 5.32 Å². The summed E-state index contributed by atoms with van der Waals surface area (Å²) >= 11 is 0. The molecule has 1 aliphatic carbocycles. The first-order valence-corrected chi connectivity index (χ1v) is 5.16. The largest absolute Gasteiger partial charge is 0.481 e. The van der Waals surface area contributed by atoms with Crippen molar-refractivity contribution >= 4 is 11.9 Å². The molecule has 2 rings (SSSR count). The van der Waals surface area contributed by atoms with Crippen molar-refractivity contribution < 1.29 is 19.1 Å². The molecule has 0 radical (unpaired) electrons. The molecule has 5 nitrogen and oxygen atoms in total. The van der Waals surface area contributed by atoms with E-state index in [0.29, 0.717) is 18.6 Å². The summed E-state index contributed by atoms with van der Waals surface area (Å²) in [7, 11) is 0. The number of nitrogens with one attached hydrogen (secondary N) is 1. The molecule has 1 aromatic heterocycles. The van der Waals surface area contributed by atoms with Crippen LogP contribution >= 0.6 is 0 Å². The van der Waals surface area contributed by atoms with Gasteiger partial charge >= 0.3 is 5.97 Å². The van der Waals surface area contributed by atoms with Gasteiger partial charge in [-0.05, 0) is 31.9 Å². The average Bonchev–Trinajstić information content (AvgIpc) is 2.56. The molecule has 1 amide bonds. The van der Waals surface area contributed by atoms with Gasteiger partial charge in [-0.15, -0.1) is 0 Å². The molecule has 5 heteroatoms. The summed E-state index contributed by atoms with van der Waals surface area (Å²) in [5, 5.41) is 11.4. The minimum atomic E-state index is -0.792. The number of carbonyl (C=O) groups excluding carboxylic acids is 1. The number of carboxylic acid groups (broad SMARTS) is 1. The fourth-order valence-electron chi connectivity index (χ4n) is 1.75. The molecule has 16 heavy (non-hydrogen) atoms. The summed E-state index contributed by atoms with van der Waals surface area (Å²) in [6.45, 7) is 1.76. The zero-order chi connectivity index (χ0) is 11.7. The Bertz CT molecular complexity index is 417. The van der Waals surface area contributed by atoms with Crippen molar-refractivity contribution in [2.45, 2.75) is 25.8 Å². The maximum atomic E-state index is 11.6. The molecule has 0 spiro atoms. The van der Waals surface area contributed by atoms with Gasteiger partial charge in [0.15, 0.2) is 5.76 Å². The molecule has 0 aliphatic heterocycles. The number of carboxylic acids is 1. The van der Waals surface area contributed by atoms with Crippen LogP contribution in [0.5, 0.6) is 0 Å². The smallest absolute Gasteiger partial charge is 0.306 e. The molecule has 0 saturated heterocycles. The van der Waals surface area contributed by atoms with Gasteiger partial charge in [0.1, 0.15) is 5.76 Å². The first-order valence-electron chi connectivity index (χ1n) is 5.16. The summed E-state index contributed by atoms with van der Waals surface area (Å²) in [6, 6.07) is 3.28. The highest BCUT2D eigenvalue weighted by Gasteiger charge is 2.35. The van der Waals surface area contributed by atoms with E-state index in [1.165, 1.54) is 0 Å². The minimum absolute atomic E-state index is 0.0426. The maximum Gasteiger partial charge on any atom is 0.306 e. The molecule has 0 atom stereocenters. The van der Waals surface area contributed by atoms with Gasteiger partial charge in [0, 0.05) is 6.04 Å². The molecule has 86 valence electrons. The lowest BCUT2D eigenvalue weighted by Crippen LogP contribution is -2.46. The highest BCUT2D eigenvalue weighted by molar-refractivity contribution is 5.91. The lowest BCUT2D eigenvalue weighted by molar-refractivity contribution is -0.145. The van der Waals surface area contributed by atoms with Crippen LogP contribution in [-0.4, -0.2) is 23.0 Å². The minimum Gasteiger partial charge on any atom is -0.481 e. The Kier molecular flexibility index (Phi) is 2.68. The highest BCUT2D eigenvalue weighted by atomic mass is 16.4. The van der Waals surface area contributed by atoms with Crippen molar-refractivity contribution in [1.29, 1.82) is 0 Å². The van der Waals surface area contributed by atoms with Gasteiger partial charge in [0.2, 0.25) is 0 Å². The third-order valence-corrected chi connectivity index (χ3v) is 2.79. The first kappa shape index (κ1) is 10.7. The second-order valence-electron chi connectivity index (χ2n) is 4.09. The topological polar surface area (TPSA) is 79.5 Å². The van der Waals surface area contributed by atoms with Crippen molar-refractivity contribution in [2.75, 3.05) is 0 Å². The monoisotopic (exact) mass is 223 g/mol. The normalized spacial score (nSPS) is 23.6. The van der Waals surface area contributed by atoms with Crippen molar-refractivity contribution in [3.05, 3.63) is 23.7 Å². The van der Waals surface area contributed by atoms with Crippen LogP contribution in [0.2, 0.25) is 0 Å². The number of furan rings is 1. The van der Waals surface area contributed by atoms with E-state index in [-0.39, 0.29) is 23.6 Å². The summed E-state index contributed by atoms with van der Waals surface area (Å²) in [4.78, 5) is 22.1. The van der Waals surface area contributed by atoms with E-state index in [4.69, 9.17) is 9.52 Å². The molecule has 0 bridgehead atoms. The number of rotatable bonds is 3. The van der Waals surface area contributed by atoms with Crippen LogP contribution in [0.4, 0.5) is 0 Å². The molecule has 1 saturated carbocycles. The summed E-state index contributed by atoms with van der Waals surface area (Å²) in [5.74, 6) is -0.427. The molecule has 1 aliphatic rings. The Labute approximate surface area is 92.4 Å². The lowest BCUT2D eigenvalue weighted by atomic mass is 9.80. The van der Waals surface area contributed by atoms with E-state index in [1.807, 2.05) is 0 Å². The molecule has 0 unspecified atom stereocenters. The van der Waals surface area contributed by atoms with Gasteiger partial charge in [-0.3, -0.25) is 9.59 Å². The van der Waals surface area contributed by atoms with Gasteiger partial charge in [0.05, 0.1) is 5.92 Å². The van der Waals surface area contributed by atoms with Crippen LogP contribution in [0, 0.1) is 12.8 Å². The Hall–Kier alpha value is -1.78. The van der Waals surface area contributed by atoms with Crippen LogP contribution in [0.15, 0.2) is 16.5 Å². The van der Waals surface area contributed by atoms with Crippen molar-refractivity contribution in [2.24, 2.45) is 5.92 Å². The Morgan fingerprint density at radius 1 is 1.44 bits per heavy atom. The van der Waals surface area contributed by atoms with Crippen LogP contribution in [0.25, 0.3) is 0 Å². The Balaban J connectivity index is 1.84. The fraction of sp³-hybridized carbons (Fsp3) is 0.455.